The van der Waals surface area contributed by atoms with Gasteiger partial charge < -0.3 is 10.2 Å². The van der Waals surface area contributed by atoms with Crippen LogP contribution < -0.4 is 10.2 Å². The zero-order valence-corrected chi connectivity index (χ0v) is 24.9. The Hall–Kier alpha value is -3.42. The molecule has 4 rings (SSSR count). The average Bonchev–Trinajstić information content (AvgIpc) is 3.54. The Morgan fingerprint density at radius 2 is 1.62 bits per heavy atom. The van der Waals surface area contributed by atoms with Crippen molar-refractivity contribution < 1.29 is 49.5 Å². The van der Waals surface area contributed by atoms with Crippen molar-refractivity contribution in [1.82, 2.24) is 0 Å². The summed E-state index contributed by atoms with van der Waals surface area (Å²) in [6.07, 6.45) is -9.33. The summed E-state index contributed by atoms with van der Waals surface area (Å²) in [5, 5.41) is 2.27. The number of benzene rings is 3. The van der Waals surface area contributed by atoms with Gasteiger partial charge in [0.25, 0.3) is 5.91 Å². The van der Waals surface area contributed by atoms with Crippen LogP contribution in [0, 0.1) is 23.4 Å². The number of anilines is 2. The molecule has 1 fully saturated rings. The summed E-state index contributed by atoms with van der Waals surface area (Å²) in [6.45, 7) is 0.721. The Morgan fingerprint density at radius 3 is 2.22 bits per heavy atom. The highest BCUT2D eigenvalue weighted by atomic mass is 35.5. The number of rotatable bonds is 9. The Kier molecular flexibility index (Phi) is 9.77. The second-order valence-electron chi connectivity index (χ2n) is 9.90. The van der Waals surface area contributed by atoms with E-state index in [-0.39, 0.29) is 26.7 Å². The molecule has 3 aromatic carbocycles. The second-order valence-corrected chi connectivity index (χ2v) is 11.8. The molecule has 2 atom stereocenters. The predicted molar refractivity (Wildman–Crippen MR) is 151 cm³/mol. The van der Waals surface area contributed by atoms with Gasteiger partial charge in [0.15, 0.2) is 11.6 Å². The number of amides is 2. The molecule has 45 heavy (non-hydrogen) atoms. The normalized spacial score (nSPS) is 17.3. The van der Waals surface area contributed by atoms with E-state index in [1.807, 2.05) is 0 Å². The number of halogens is 11. The molecule has 3 aromatic rings. The molecule has 1 aliphatic rings. The fraction of sp³-hybridized carbons (Fsp3) is 0.276. The van der Waals surface area contributed by atoms with Gasteiger partial charge in [-0.1, -0.05) is 23.7 Å². The van der Waals surface area contributed by atoms with Gasteiger partial charge in [-0.05, 0) is 54.4 Å². The van der Waals surface area contributed by atoms with Crippen molar-refractivity contribution >= 4 is 63.8 Å². The fourth-order valence-corrected chi connectivity index (χ4v) is 5.89. The third-order valence-corrected chi connectivity index (χ3v) is 8.33. The molecular weight excluding hydrogens is 683 g/mol. The molecule has 1 N–H and O–H groups in total. The third kappa shape index (κ3) is 6.90. The Morgan fingerprint density at radius 1 is 0.978 bits per heavy atom. The quantitative estimate of drug-likeness (QED) is 0.139. The van der Waals surface area contributed by atoms with Crippen molar-refractivity contribution in [2.24, 2.45) is 5.92 Å². The molecular formula is C29H19Cl3F8N2O3. The van der Waals surface area contributed by atoms with E-state index in [4.69, 9.17) is 34.8 Å². The molecule has 2 amide bonds. The highest BCUT2D eigenvalue weighted by Crippen LogP contribution is 2.65. The monoisotopic (exact) mass is 700 g/mol. The molecule has 0 bridgehead atoms. The minimum Gasteiger partial charge on any atom is -0.326 e. The van der Waals surface area contributed by atoms with Crippen molar-refractivity contribution in [3.05, 3.63) is 93.3 Å². The minimum absolute atomic E-state index is 0.0439. The highest BCUT2D eigenvalue weighted by Gasteiger charge is 2.67. The summed E-state index contributed by atoms with van der Waals surface area (Å²) in [5.74, 6) is -10.3. The van der Waals surface area contributed by atoms with Crippen LogP contribution in [0.15, 0.2) is 48.5 Å². The van der Waals surface area contributed by atoms with Gasteiger partial charge in [0, 0.05) is 30.1 Å². The van der Waals surface area contributed by atoms with E-state index in [1.54, 1.807) is 0 Å². The van der Waals surface area contributed by atoms with Crippen molar-refractivity contribution in [2.45, 2.75) is 36.2 Å². The highest BCUT2D eigenvalue weighted by molar-refractivity contribution is 6.53. The molecule has 5 nitrogen and oxygen atoms in total. The molecule has 240 valence electrons. The van der Waals surface area contributed by atoms with Gasteiger partial charge in [0.05, 0.1) is 16.5 Å². The third-order valence-electron chi connectivity index (χ3n) is 7.06. The van der Waals surface area contributed by atoms with Gasteiger partial charge >= 0.3 is 12.6 Å². The van der Waals surface area contributed by atoms with E-state index in [0.29, 0.717) is 18.2 Å². The number of carbonyl (C=O) groups excluding carboxylic acids is 3. The average molecular weight is 702 g/mol. The van der Waals surface area contributed by atoms with Crippen LogP contribution >= 0.6 is 34.8 Å². The summed E-state index contributed by atoms with van der Waals surface area (Å²) in [6, 6.07) is 7.27. The first-order valence-electron chi connectivity index (χ1n) is 12.8. The summed E-state index contributed by atoms with van der Waals surface area (Å²) >= 11 is 18.6. The van der Waals surface area contributed by atoms with Crippen LogP contribution in [0.3, 0.4) is 0 Å². The van der Waals surface area contributed by atoms with Gasteiger partial charge in [-0.3, -0.25) is 14.4 Å². The number of Topliss-reactive ketones (excluding diaryl/α,β-unsaturated/α-hetero) is 1. The first kappa shape index (κ1) is 34.5. The van der Waals surface area contributed by atoms with Crippen LogP contribution in [0.2, 0.25) is 5.02 Å². The van der Waals surface area contributed by atoms with E-state index in [2.05, 4.69) is 5.32 Å². The SMILES string of the molecule is CCN(C(=O)C(F)F)c1c(F)ccc(CC(=O)c2cc(NC(=O)[C@H]3[C@H](c4ccc(F)c(C(F)(F)F)c4)C3(Cl)Cl)ccc2Cl)c1F. The van der Waals surface area contributed by atoms with E-state index in [0.717, 1.165) is 18.2 Å². The number of nitrogens with zero attached hydrogens (tertiary/aromatic N) is 1. The maximum absolute atomic E-state index is 15.3. The molecule has 0 radical (unpaired) electrons. The van der Waals surface area contributed by atoms with Gasteiger partial charge in [-0.25, -0.2) is 13.2 Å². The molecule has 0 aromatic heterocycles. The van der Waals surface area contributed by atoms with Crippen molar-refractivity contribution in [2.75, 3.05) is 16.8 Å². The molecule has 0 spiro atoms. The minimum atomic E-state index is -5.02. The number of hydrogen-bond donors (Lipinski definition) is 1. The number of ketones is 1. The lowest BCUT2D eigenvalue weighted by atomic mass is 10.0. The van der Waals surface area contributed by atoms with Crippen LogP contribution in [0.4, 0.5) is 46.5 Å². The number of carbonyl (C=O) groups is 3. The van der Waals surface area contributed by atoms with Gasteiger partial charge in [-0.2, -0.15) is 22.0 Å². The second kappa shape index (κ2) is 12.8. The van der Waals surface area contributed by atoms with E-state index in [9.17, 15) is 45.1 Å². The molecule has 0 saturated heterocycles. The van der Waals surface area contributed by atoms with Gasteiger partial charge in [-0.15, -0.1) is 23.2 Å². The molecule has 1 saturated carbocycles. The number of nitrogens with one attached hydrogen (secondary N) is 1. The lowest BCUT2D eigenvalue weighted by Crippen LogP contribution is -2.37. The maximum atomic E-state index is 15.3. The van der Waals surface area contributed by atoms with E-state index < -0.39 is 93.6 Å². The van der Waals surface area contributed by atoms with Crippen LogP contribution in [0.1, 0.15) is 39.9 Å². The maximum Gasteiger partial charge on any atom is 0.419 e. The first-order valence-corrected chi connectivity index (χ1v) is 14.0. The summed E-state index contributed by atoms with van der Waals surface area (Å²) < 4.78 is 107. The molecule has 1 aliphatic carbocycles. The zero-order valence-electron chi connectivity index (χ0n) is 22.6. The Balaban J connectivity index is 1.55. The standard InChI is InChI=1S/C29H19Cl3F8N2O3/c1-2-42(27(45)25(36)37)24-19(34)8-4-13(23(24)35)10-20(43)15-11-14(5-6-17(15)30)41-26(44)22-21(28(22,31)32)12-3-7-18(33)16(9-12)29(38,39)40/h3-9,11,21-22,25H,2,10H2,1H3,(H,41,44)/t21-,22+/m0/s1. The smallest absolute Gasteiger partial charge is 0.326 e. The van der Waals surface area contributed by atoms with E-state index in [1.165, 1.54) is 19.1 Å². The Labute approximate surface area is 265 Å². The van der Waals surface area contributed by atoms with Crippen LogP contribution in [0.5, 0.6) is 0 Å². The lowest BCUT2D eigenvalue weighted by molar-refractivity contribution is -0.140. The molecule has 0 heterocycles. The predicted octanol–water partition coefficient (Wildman–Crippen LogP) is 8.35. The number of hydrogen-bond acceptors (Lipinski definition) is 3. The van der Waals surface area contributed by atoms with Gasteiger partial charge in [0.1, 0.15) is 21.7 Å². The van der Waals surface area contributed by atoms with Crippen LogP contribution in [-0.4, -0.2) is 34.9 Å². The van der Waals surface area contributed by atoms with E-state index >= 15 is 4.39 Å². The van der Waals surface area contributed by atoms with Crippen molar-refractivity contribution in [3.63, 3.8) is 0 Å². The first-order chi connectivity index (χ1) is 20.9. The fourth-order valence-electron chi connectivity index (χ4n) is 4.83. The van der Waals surface area contributed by atoms with Gasteiger partial charge in [0.2, 0.25) is 5.91 Å². The molecule has 0 aliphatic heterocycles. The van der Waals surface area contributed by atoms with Crippen LogP contribution in [0.25, 0.3) is 0 Å². The summed E-state index contributed by atoms with van der Waals surface area (Å²) in [4.78, 5) is 38.2. The van der Waals surface area contributed by atoms with Crippen molar-refractivity contribution in [3.8, 4) is 0 Å². The van der Waals surface area contributed by atoms with Crippen LogP contribution in [-0.2, 0) is 22.2 Å². The summed E-state index contributed by atoms with van der Waals surface area (Å²) in [5.41, 5.74) is -3.51. The largest absolute Gasteiger partial charge is 0.419 e. The zero-order chi connectivity index (χ0) is 33.6. The van der Waals surface area contributed by atoms with Crippen molar-refractivity contribution in [1.29, 1.82) is 0 Å². The lowest BCUT2D eigenvalue weighted by Gasteiger charge is -2.22. The molecule has 16 heteroatoms. The summed E-state index contributed by atoms with van der Waals surface area (Å²) in [7, 11) is 0. The number of alkyl halides is 7. The molecule has 0 unspecified atom stereocenters. The Bertz CT molecular complexity index is 1680. The topological polar surface area (TPSA) is 66.5 Å².